The SMILES string of the molecule is [2H]C([2H])([2H])C(C)[C@@H]([C@@H](O)[C@H](O)[C@@H](C)[C@H]1CC[C@H]2[C@@H]3CC(=O)[C@H]4C[C@H](O)[C@H](O)C[C@]4(C)[C@H]3CC[C@]12C)C([2H])([2H])[2H]. The van der Waals surface area contributed by atoms with E-state index >= 15 is 0 Å². The van der Waals surface area contributed by atoms with Crippen LogP contribution in [0.4, 0.5) is 0 Å². The van der Waals surface area contributed by atoms with E-state index in [1.165, 1.54) is 6.92 Å². The molecule has 4 N–H and O–H groups in total. The molecule has 0 aromatic carbocycles. The Hall–Kier alpha value is -0.490. The molecule has 0 radical (unpaired) electrons. The third kappa shape index (κ3) is 3.93. The zero-order valence-electron chi connectivity index (χ0n) is 26.6. The van der Waals surface area contributed by atoms with Crippen molar-refractivity contribution in [2.24, 2.45) is 58.2 Å². The standard InChI is InChI=1S/C28H48O5/c1-14(2)15(3)25(32)26(33)16(4)18-7-8-19-17-11-22(29)21-12-23(30)24(31)13-28(21,6)20(17)9-10-27(18,19)5/h14-21,23-26,30-33H,7-13H2,1-6H3/t15-,16-,17-,18+,19-,20-,21+,23-,24+,25+,26+,27+,28+/m0/s1/i1D3,3D3/t14?,15-,16-,17-,18+,19-,20-,21+,23-,24+,25+,26+,27+,28+. The Bertz CT molecular complexity index is 925. The van der Waals surface area contributed by atoms with Crippen LogP contribution in [0.2, 0.25) is 0 Å². The minimum absolute atomic E-state index is 0.0205. The highest BCUT2D eigenvalue weighted by atomic mass is 16.3. The summed E-state index contributed by atoms with van der Waals surface area (Å²) in [6, 6.07) is 0. The van der Waals surface area contributed by atoms with Gasteiger partial charge in [-0.05, 0) is 90.8 Å². The van der Waals surface area contributed by atoms with Gasteiger partial charge in [0.2, 0.25) is 0 Å². The molecule has 14 atom stereocenters. The second-order valence-electron chi connectivity index (χ2n) is 12.6. The molecule has 0 aromatic heterocycles. The Kier molecular flexibility index (Phi) is 5.03. The molecule has 0 aromatic rings. The van der Waals surface area contributed by atoms with Gasteiger partial charge < -0.3 is 20.4 Å². The molecule has 4 aliphatic rings. The van der Waals surface area contributed by atoms with Crippen LogP contribution in [0, 0.1) is 58.2 Å². The summed E-state index contributed by atoms with van der Waals surface area (Å²) < 4.78 is 47.1. The Morgan fingerprint density at radius 2 is 1.67 bits per heavy atom. The maximum atomic E-state index is 13.4. The lowest BCUT2D eigenvalue weighted by molar-refractivity contribution is -0.175. The summed E-state index contributed by atoms with van der Waals surface area (Å²) in [4.78, 5) is 13.4. The van der Waals surface area contributed by atoms with Crippen molar-refractivity contribution in [3.05, 3.63) is 0 Å². The first kappa shape index (κ1) is 18.7. The third-order valence-corrected chi connectivity index (χ3v) is 11.0. The van der Waals surface area contributed by atoms with Crippen molar-refractivity contribution >= 4 is 5.78 Å². The molecular formula is C28H48O5. The molecule has 5 heteroatoms. The van der Waals surface area contributed by atoms with Gasteiger partial charge in [0, 0.05) is 20.6 Å². The zero-order valence-corrected chi connectivity index (χ0v) is 20.6. The van der Waals surface area contributed by atoms with E-state index < -0.39 is 55.9 Å². The number of carbonyl (C=O) groups excluding carboxylic acids is 1. The molecule has 0 heterocycles. The molecule has 4 fully saturated rings. The lowest BCUT2D eigenvalue weighted by Crippen LogP contribution is -2.59. The molecule has 0 amide bonds. The summed E-state index contributed by atoms with van der Waals surface area (Å²) in [5.74, 6) is -2.86. The fraction of sp³-hybridized carbons (Fsp3) is 0.964. The monoisotopic (exact) mass is 470 g/mol. The van der Waals surface area contributed by atoms with Crippen molar-refractivity contribution in [3.63, 3.8) is 0 Å². The smallest absolute Gasteiger partial charge is 0.136 e. The number of ketones is 1. The third-order valence-electron chi connectivity index (χ3n) is 11.0. The van der Waals surface area contributed by atoms with Crippen molar-refractivity contribution in [2.75, 3.05) is 0 Å². The van der Waals surface area contributed by atoms with Gasteiger partial charge in [-0.1, -0.05) is 41.4 Å². The molecule has 0 saturated heterocycles. The fourth-order valence-electron chi connectivity index (χ4n) is 9.03. The number of hydrogen-bond acceptors (Lipinski definition) is 5. The quantitative estimate of drug-likeness (QED) is 0.490. The van der Waals surface area contributed by atoms with Crippen molar-refractivity contribution in [2.45, 2.75) is 111 Å². The Labute approximate surface area is 208 Å². The first-order valence-corrected chi connectivity index (χ1v) is 13.0. The molecule has 0 aliphatic heterocycles. The lowest BCUT2D eigenvalue weighted by atomic mass is 9.44. The van der Waals surface area contributed by atoms with Crippen LogP contribution in [-0.2, 0) is 4.79 Å². The fourth-order valence-corrected chi connectivity index (χ4v) is 9.03. The number of Topliss-reactive ketones (excluding diaryl/α,β-unsaturated/α-hetero) is 1. The van der Waals surface area contributed by atoms with Gasteiger partial charge in [0.1, 0.15) is 5.78 Å². The second-order valence-corrected chi connectivity index (χ2v) is 12.6. The van der Waals surface area contributed by atoms with Crippen molar-refractivity contribution in [1.82, 2.24) is 0 Å². The molecule has 4 aliphatic carbocycles. The van der Waals surface area contributed by atoms with Crippen LogP contribution < -0.4 is 0 Å². The van der Waals surface area contributed by atoms with Gasteiger partial charge in [0.05, 0.1) is 24.4 Å². The summed E-state index contributed by atoms with van der Waals surface area (Å²) in [5.41, 5.74) is -0.583. The summed E-state index contributed by atoms with van der Waals surface area (Å²) >= 11 is 0. The normalized spacial score (nSPS) is 53.3. The first-order valence-electron chi connectivity index (χ1n) is 16.0. The van der Waals surface area contributed by atoms with E-state index in [0.29, 0.717) is 19.3 Å². The number of aliphatic hydroxyl groups excluding tert-OH is 4. The molecule has 190 valence electrons. The van der Waals surface area contributed by atoms with Gasteiger partial charge >= 0.3 is 0 Å². The van der Waals surface area contributed by atoms with Crippen LogP contribution in [0.1, 0.15) is 94.6 Å². The average molecular weight is 471 g/mol. The van der Waals surface area contributed by atoms with E-state index in [0.717, 1.165) is 25.7 Å². The van der Waals surface area contributed by atoms with Crippen molar-refractivity contribution < 1.29 is 33.4 Å². The van der Waals surface area contributed by atoms with E-state index in [1.54, 1.807) is 0 Å². The second kappa shape index (κ2) is 8.87. The Morgan fingerprint density at radius 3 is 2.33 bits per heavy atom. The van der Waals surface area contributed by atoms with Crippen LogP contribution in [0.5, 0.6) is 0 Å². The molecule has 0 spiro atoms. The van der Waals surface area contributed by atoms with E-state index in [9.17, 15) is 25.2 Å². The molecule has 4 rings (SSSR count). The van der Waals surface area contributed by atoms with Crippen molar-refractivity contribution in [3.8, 4) is 0 Å². The molecule has 5 nitrogen and oxygen atoms in total. The highest BCUT2D eigenvalue weighted by Gasteiger charge is 2.63. The van der Waals surface area contributed by atoms with E-state index in [4.69, 9.17) is 8.22 Å². The van der Waals surface area contributed by atoms with Gasteiger partial charge in [0.15, 0.2) is 0 Å². The van der Waals surface area contributed by atoms with Gasteiger partial charge in [-0.3, -0.25) is 4.79 Å². The summed E-state index contributed by atoms with van der Waals surface area (Å²) in [7, 11) is 0. The largest absolute Gasteiger partial charge is 0.390 e. The molecular weight excluding hydrogens is 416 g/mol. The highest BCUT2D eigenvalue weighted by Crippen LogP contribution is 2.67. The van der Waals surface area contributed by atoms with Crippen molar-refractivity contribution in [1.29, 1.82) is 0 Å². The number of hydrogen-bond donors (Lipinski definition) is 4. The van der Waals surface area contributed by atoms with Crippen LogP contribution >= 0.6 is 0 Å². The number of aliphatic hydroxyl groups is 4. The topological polar surface area (TPSA) is 98.0 Å². The lowest BCUT2D eigenvalue weighted by Gasteiger charge is -2.61. The summed E-state index contributed by atoms with van der Waals surface area (Å²) in [6.45, 7) is 2.11. The maximum Gasteiger partial charge on any atom is 0.136 e. The number of fused-ring (bicyclic) bond motifs is 5. The van der Waals surface area contributed by atoms with Gasteiger partial charge in [0.25, 0.3) is 0 Å². The average Bonchev–Trinajstić information content (AvgIpc) is 3.15. The van der Waals surface area contributed by atoms with E-state index in [2.05, 4.69) is 13.8 Å². The van der Waals surface area contributed by atoms with E-state index in [1.807, 2.05) is 6.92 Å². The summed E-state index contributed by atoms with van der Waals surface area (Å²) in [6.07, 6.45) is -0.258. The van der Waals surface area contributed by atoms with Crippen LogP contribution in [0.3, 0.4) is 0 Å². The Balaban J connectivity index is 1.56. The Morgan fingerprint density at radius 1 is 0.970 bits per heavy atom. The first-order chi connectivity index (χ1) is 17.7. The molecule has 1 unspecified atom stereocenters. The van der Waals surface area contributed by atoms with Crippen LogP contribution in [-0.4, -0.2) is 50.6 Å². The number of rotatable bonds is 5. The predicted octanol–water partition coefficient (Wildman–Crippen LogP) is 3.81. The van der Waals surface area contributed by atoms with Crippen LogP contribution in [0.25, 0.3) is 0 Å². The molecule has 0 bridgehead atoms. The highest BCUT2D eigenvalue weighted by molar-refractivity contribution is 5.83. The van der Waals surface area contributed by atoms with Gasteiger partial charge in [-0.15, -0.1) is 0 Å². The predicted molar refractivity (Wildman–Crippen MR) is 128 cm³/mol. The zero-order chi connectivity index (χ0) is 29.5. The minimum Gasteiger partial charge on any atom is -0.390 e. The van der Waals surface area contributed by atoms with E-state index in [-0.39, 0.29) is 46.2 Å². The number of carbonyl (C=O) groups is 1. The minimum atomic E-state index is -2.75. The molecule has 4 saturated carbocycles. The van der Waals surface area contributed by atoms with Crippen LogP contribution in [0.15, 0.2) is 0 Å². The summed E-state index contributed by atoms with van der Waals surface area (Å²) in [5, 5.41) is 43.3. The van der Waals surface area contributed by atoms with Gasteiger partial charge in [-0.2, -0.15) is 0 Å². The molecule has 33 heavy (non-hydrogen) atoms. The van der Waals surface area contributed by atoms with Gasteiger partial charge in [-0.25, -0.2) is 0 Å². The maximum absolute atomic E-state index is 13.4.